The Balaban J connectivity index is 2.33. The van der Waals surface area contributed by atoms with Crippen molar-refractivity contribution >= 4 is 5.91 Å². The molecule has 1 aliphatic heterocycles. The second-order valence-electron chi connectivity index (χ2n) is 5.43. The normalized spacial score (nSPS) is 15.9. The summed E-state index contributed by atoms with van der Waals surface area (Å²) in [5, 5.41) is 12.1. The number of nitrogens with zero attached hydrogens (tertiary/aromatic N) is 2. The molecule has 1 amide bonds. The van der Waals surface area contributed by atoms with Gasteiger partial charge in [-0.25, -0.2) is 4.98 Å². The summed E-state index contributed by atoms with van der Waals surface area (Å²) in [5.74, 6) is 0.0348. The van der Waals surface area contributed by atoms with Crippen LogP contribution in [0.2, 0.25) is 0 Å². The quantitative estimate of drug-likeness (QED) is 0.869. The zero-order valence-electron chi connectivity index (χ0n) is 12.6. The van der Waals surface area contributed by atoms with Gasteiger partial charge in [0.15, 0.2) is 0 Å². The lowest BCUT2D eigenvalue weighted by molar-refractivity contribution is -0.134. The molecule has 5 heteroatoms. The van der Waals surface area contributed by atoms with E-state index in [0.29, 0.717) is 25.3 Å². The molecule has 1 N–H and O–H groups in total. The highest BCUT2D eigenvalue weighted by Crippen LogP contribution is 2.32. The summed E-state index contributed by atoms with van der Waals surface area (Å²) in [5.41, 5.74) is 1.81. The third-order valence-corrected chi connectivity index (χ3v) is 3.64. The fourth-order valence-corrected chi connectivity index (χ4v) is 2.58. The van der Waals surface area contributed by atoms with E-state index in [9.17, 15) is 4.79 Å². The SMILES string of the molecule is CCCC(=O)NC1(c2ccc(C#N)nc2CCC)COC1. The highest BCUT2D eigenvalue weighted by molar-refractivity contribution is 5.77. The number of pyridine rings is 1. The molecule has 1 aromatic heterocycles. The molecule has 0 aromatic carbocycles. The van der Waals surface area contributed by atoms with Crippen LogP contribution < -0.4 is 5.32 Å². The van der Waals surface area contributed by atoms with Gasteiger partial charge in [-0.2, -0.15) is 5.26 Å². The standard InChI is InChI=1S/C16H21N3O2/c1-3-5-14-13(8-7-12(9-17)18-14)16(10-21-11-16)19-15(20)6-4-2/h7-8H,3-6,10-11H2,1-2H3,(H,19,20). The van der Waals surface area contributed by atoms with Crippen molar-refractivity contribution in [1.82, 2.24) is 10.3 Å². The first-order chi connectivity index (χ1) is 10.1. The number of carbonyl (C=O) groups is 1. The number of hydrogen-bond donors (Lipinski definition) is 1. The molecule has 2 heterocycles. The Morgan fingerprint density at radius 3 is 2.71 bits per heavy atom. The highest BCUT2D eigenvalue weighted by atomic mass is 16.5. The van der Waals surface area contributed by atoms with Crippen LogP contribution >= 0.6 is 0 Å². The molecule has 2 rings (SSSR count). The van der Waals surface area contributed by atoms with Gasteiger partial charge < -0.3 is 10.1 Å². The van der Waals surface area contributed by atoms with Crippen LogP contribution in [-0.2, 0) is 21.5 Å². The Bertz CT molecular complexity index is 559. The van der Waals surface area contributed by atoms with Gasteiger partial charge in [-0.3, -0.25) is 4.79 Å². The van der Waals surface area contributed by atoms with E-state index in [1.165, 1.54) is 0 Å². The van der Waals surface area contributed by atoms with Crippen LogP contribution in [0.1, 0.15) is 50.1 Å². The number of aryl methyl sites for hydroxylation is 1. The van der Waals surface area contributed by atoms with Crippen LogP contribution in [0.4, 0.5) is 0 Å². The molecule has 0 unspecified atom stereocenters. The number of nitrogens with one attached hydrogen (secondary N) is 1. The number of ether oxygens (including phenoxy) is 1. The number of amides is 1. The minimum Gasteiger partial charge on any atom is -0.376 e. The second kappa shape index (κ2) is 6.68. The molecule has 1 aromatic rings. The van der Waals surface area contributed by atoms with Crippen LogP contribution in [0, 0.1) is 11.3 Å². The predicted octanol–water partition coefficient (Wildman–Crippen LogP) is 2.05. The molecule has 0 bridgehead atoms. The van der Waals surface area contributed by atoms with Crippen molar-refractivity contribution in [1.29, 1.82) is 5.26 Å². The van der Waals surface area contributed by atoms with Crippen molar-refractivity contribution in [2.75, 3.05) is 13.2 Å². The van der Waals surface area contributed by atoms with Crippen LogP contribution in [0.15, 0.2) is 12.1 Å². The molecule has 0 aliphatic carbocycles. The number of carbonyl (C=O) groups excluding carboxylic acids is 1. The van der Waals surface area contributed by atoms with Gasteiger partial charge in [-0.15, -0.1) is 0 Å². The lowest BCUT2D eigenvalue weighted by Gasteiger charge is -2.43. The zero-order valence-corrected chi connectivity index (χ0v) is 12.6. The lowest BCUT2D eigenvalue weighted by atomic mass is 9.85. The molecular weight excluding hydrogens is 266 g/mol. The predicted molar refractivity (Wildman–Crippen MR) is 78.5 cm³/mol. The maximum atomic E-state index is 12.0. The Morgan fingerprint density at radius 2 is 2.19 bits per heavy atom. The molecule has 0 radical (unpaired) electrons. The van der Waals surface area contributed by atoms with Gasteiger partial charge in [0.25, 0.3) is 0 Å². The number of aromatic nitrogens is 1. The second-order valence-corrected chi connectivity index (χ2v) is 5.43. The first-order valence-electron chi connectivity index (χ1n) is 7.44. The van der Waals surface area contributed by atoms with Gasteiger partial charge in [-0.1, -0.05) is 26.3 Å². The summed E-state index contributed by atoms with van der Waals surface area (Å²) >= 11 is 0. The van der Waals surface area contributed by atoms with Crippen molar-refractivity contribution in [2.24, 2.45) is 0 Å². The fourth-order valence-electron chi connectivity index (χ4n) is 2.58. The summed E-state index contributed by atoms with van der Waals surface area (Å²) in [6.07, 6.45) is 3.05. The van der Waals surface area contributed by atoms with Crippen LogP contribution in [0.5, 0.6) is 0 Å². The first-order valence-corrected chi connectivity index (χ1v) is 7.44. The molecule has 5 nitrogen and oxygen atoms in total. The fraction of sp³-hybridized carbons (Fsp3) is 0.562. The van der Waals surface area contributed by atoms with E-state index < -0.39 is 5.54 Å². The van der Waals surface area contributed by atoms with Gasteiger partial charge in [0.05, 0.1) is 13.2 Å². The Kier molecular flexibility index (Phi) is 4.92. The van der Waals surface area contributed by atoms with Gasteiger partial charge in [0, 0.05) is 17.7 Å². The lowest BCUT2D eigenvalue weighted by Crippen LogP contribution is -2.59. The van der Waals surface area contributed by atoms with Gasteiger partial charge in [0.2, 0.25) is 5.91 Å². The Morgan fingerprint density at radius 1 is 1.43 bits per heavy atom. The van der Waals surface area contributed by atoms with Crippen molar-refractivity contribution in [3.05, 3.63) is 29.1 Å². The monoisotopic (exact) mass is 287 g/mol. The van der Waals surface area contributed by atoms with Crippen molar-refractivity contribution < 1.29 is 9.53 Å². The molecule has 0 spiro atoms. The highest BCUT2D eigenvalue weighted by Gasteiger charge is 2.43. The first kappa shape index (κ1) is 15.5. The molecular formula is C16H21N3O2. The van der Waals surface area contributed by atoms with E-state index in [-0.39, 0.29) is 5.91 Å². The largest absolute Gasteiger partial charge is 0.376 e. The van der Waals surface area contributed by atoms with Gasteiger partial charge in [-0.05, 0) is 18.9 Å². The summed E-state index contributed by atoms with van der Waals surface area (Å²) in [4.78, 5) is 16.4. The van der Waals surface area contributed by atoms with E-state index in [1.807, 2.05) is 13.0 Å². The van der Waals surface area contributed by atoms with E-state index >= 15 is 0 Å². The average Bonchev–Trinajstić information content (AvgIpc) is 2.44. The molecule has 21 heavy (non-hydrogen) atoms. The van der Waals surface area contributed by atoms with Crippen LogP contribution in [0.25, 0.3) is 0 Å². The summed E-state index contributed by atoms with van der Waals surface area (Å²) in [6, 6.07) is 5.69. The van der Waals surface area contributed by atoms with E-state index in [1.54, 1.807) is 6.07 Å². The van der Waals surface area contributed by atoms with E-state index in [2.05, 4.69) is 23.3 Å². The molecule has 112 valence electrons. The molecule has 1 aliphatic rings. The van der Waals surface area contributed by atoms with Crippen LogP contribution in [0.3, 0.4) is 0 Å². The van der Waals surface area contributed by atoms with Gasteiger partial charge in [0.1, 0.15) is 17.3 Å². The molecule has 0 saturated carbocycles. The number of hydrogen-bond acceptors (Lipinski definition) is 4. The average molecular weight is 287 g/mol. The van der Waals surface area contributed by atoms with E-state index in [0.717, 1.165) is 30.5 Å². The summed E-state index contributed by atoms with van der Waals surface area (Å²) in [7, 11) is 0. The minimum absolute atomic E-state index is 0.0348. The third kappa shape index (κ3) is 3.22. The van der Waals surface area contributed by atoms with Crippen molar-refractivity contribution in [2.45, 2.75) is 45.1 Å². The number of nitriles is 1. The van der Waals surface area contributed by atoms with Crippen molar-refractivity contribution in [3.63, 3.8) is 0 Å². The Labute approximate surface area is 125 Å². The molecule has 1 fully saturated rings. The minimum atomic E-state index is -0.474. The third-order valence-electron chi connectivity index (χ3n) is 3.64. The molecule has 1 saturated heterocycles. The van der Waals surface area contributed by atoms with Crippen molar-refractivity contribution in [3.8, 4) is 6.07 Å². The maximum Gasteiger partial charge on any atom is 0.220 e. The molecule has 0 atom stereocenters. The Hall–Kier alpha value is -1.93. The van der Waals surface area contributed by atoms with E-state index in [4.69, 9.17) is 10.00 Å². The summed E-state index contributed by atoms with van der Waals surface area (Å²) in [6.45, 7) is 4.99. The smallest absolute Gasteiger partial charge is 0.220 e. The summed E-state index contributed by atoms with van der Waals surface area (Å²) < 4.78 is 5.35. The van der Waals surface area contributed by atoms with Gasteiger partial charge >= 0.3 is 0 Å². The number of rotatable bonds is 6. The zero-order chi connectivity index (χ0) is 15.3. The van der Waals surface area contributed by atoms with Crippen LogP contribution in [-0.4, -0.2) is 24.1 Å². The topological polar surface area (TPSA) is 75.0 Å². The maximum absolute atomic E-state index is 12.0.